The molecule has 0 saturated carbocycles. The number of fused-ring (bicyclic) bond motifs is 12. The summed E-state index contributed by atoms with van der Waals surface area (Å²) in [5.41, 5.74) is 24.2. The molecule has 0 aliphatic rings. The van der Waals surface area contributed by atoms with Crippen molar-refractivity contribution in [2.24, 2.45) is 0 Å². The van der Waals surface area contributed by atoms with Gasteiger partial charge in [-0.2, -0.15) is 13.2 Å². The van der Waals surface area contributed by atoms with Gasteiger partial charge in [0, 0.05) is 99.2 Å². The van der Waals surface area contributed by atoms with Crippen LogP contribution in [-0.4, -0.2) is 51.3 Å². The van der Waals surface area contributed by atoms with Crippen molar-refractivity contribution in [1.82, 2.24) is 43.2 Å². The van der Waals surface area contributed by atoms with Gasteiger partial charge < -0.3 is 18.3 Å². The van der Waals surface area contributed by atoms with E-state index in [-0.39, 0.29) is 0 Å². The van der Waals surface area contributed by atoms with Gasteiger partial charge in [0.1, 0.15) is 0 Å². The molecule has 0 atom stereocenters. The predicted molar refractivity (Wildman–Crippen MR) is 491 cm³/mol. The molecule has 6 heterocycles. The fraction of sp³-hybridized carbons (Fsp3) is 0.0374. The lowest BCUT2D eigenvalue weighted by atomic mass is 9.98. The Labute approximate surface area is 691 Å². The molecule has 16 aromatic carbocycles. The summed E-state index contributed by atoms with van der Waals surface area (Å²) < 4.78 is 49.7. The average molecular weight is 1570 g/mol. The molecule has 0 aliphatic carbocycles. The molecule has 0 N–H and O–H groups in total. The molecule has 13 heteroatoms. The van der Waals surface area contributed by atoms with Gasteiger partial charge in [-0.25, -0.2) is 24.9 Å². The van der Waals surface area contributed by atoms with Gasteiger partial charge in [0.25, 0.3) is 0 Å². The van der Waals surface area contributed by atoms with E-state index in [4.69, 9.17) is 24.9 Å². The number of nitrogens with zero attached hydrogens (tertiary/aromatic N) is 9. The SMILES string of the molecule is C[Si](C)(C)c1ccc(-n2c3ccccc3c3c(-c4ccc5c(c4)c4ccccc4n5-c4ccc(-c5cc(-c6ccccc6)nc(-c6ccccc6)n5)cc4)cccc32)cc1.FC(F)(F)c1ccc(-n2c3ccccc3c3c(-c4ccc5c(c4)c4ccccc4n5-c4ccc(-c5nc(-c6ccccc6)nc(-c6ccccc6)n5)cc4)cccc32)cc1. The molecule has 0 amide bonds. The Morgan fingerprint density at radius 3 is 0.900 bits per heavy atom. The lowest BCUT2D eigenvalue weighted by molar-refractivity contribution is -0.137. The summed E-state index contributed by atoms with van der Waals surface area (Å²) in [7, 11) is -1.42. The molecule has 0 spiro atoms. The highest BCUT2D eigenvalue weighted by atomic mass is 28.3. The standard InChI is InChI=1S/C55H42N4Si.C52H32F3N5/c1-60(2,3)43-32-30-42(31-33-43)59-51-23-13-11-20-46(51)54-44(21-14-24-53(54)59)40-27-34-52-47(35-40)45-19-10-12-22-50(45)58(52)41-28-25-38(26-29-41)49-36-48(37-15-6-4-7-16-37)56-55(57-49)39-17-8-5-9-18-39;53-52(54,55)37-25-29-39(30-26-37)60-45-20-10-8-17-42(45)48-40(18-11-21-47(48)60)36-24-31-46-43(32-36)41-16-7-9-19-44(41)59(46)38-27-22-35(23-28-38)51-57-49(33-12-3-1-4-13-33)56-50(58-51)34-14-5-2-6-15-34/h4-36H,1-3H3;1-32H. The van der Waals surface area contributed by atoms with Crippen LogP contribution in [0.25, 0.3) is 200 Å². The van der Waals surface area contributed by atoms with Crippen molar-refractivity contribution in [3.8, 4) is 113 Å². The summed E-state index contributed by atoms with van der Waals surface area (Å²) in [5.74, 6) is 2.53. The van der Waals surface area contributed by atoms with Crippen LogP contribution in [0.3, 0.4) is 0 Å². The molecular formula is C107H74F3N9Si. The quantitative estimate of drug-likeness (QED) is 0.107. The van der Waals surface area contributed by atoms with E-state index in [2.05, 4.69) is 288 Å². The summed E-state index contributed by atoms with van der Waals surface area (Å²) in [4.78, 5) is 24.8. The molecule has 0 bridgehead atoms. The number of hydrogen-bond acceptors (Lipinski definition) is 5. The Hall–Kier alpha value is -15.2. The summed E-state index contributed by atoms with van der Waals surface area (Å²) in [6.07, 6.45) is -4.41. The molecule has 0 saturated heterocycles. The van der Waals surface area contributed by atoms with E-state index in [0.717, 1.165) is 123 Å². The Bertz CT molecular complexity index is 7110. The van der Waals surface area contributed by atoms with E-state index in [0.29, 0.717) is 29.0 Å². The maximum atomic E-state index is 13.5. The van der Waals surface area contributed by atoms with Crippen LogP contribution in [0, 0.1) is 0 Å². The van der Waals surface area contributed by atoms with Crippen LogP contribution in [0.2, 0.25) is 19.6 Å². The minimum Gasteiger partial charge on any atom is -0.309 e. The topological polar surface area (TPSA) is 84.2 Å². The summed E-state index contributed by atoms with van der Waals surface area (Å²) in [6, 6.07) is 135. The Morgan fingerprint density at radius 1 is 0.225 bits per heavy atom. The lowest BCUT2D eigenvalue weighted by Crippen LogP contribution is -2.37. The Morgan fingerprint density at radius 2 is 0.508 bits per heavy atom. The molecule has 120 heavy (non-hydrogen) atoms. The second kappa shape index (κ2) is 29.5. The van der Waals surface area contributed by atoms with Crippen LogP contribution in [0.4, 0.5) is 13.2 Å². The van der Waals surface area contributed by atoms with Crippen molar-refractivity contribution in [3.63, 3.8) is 0 Å². The van der Waals surface area contributed by atoms with Crippen LogP contribution in [0.5, 0.6) is 0 Å². The fourth-order valence-electron chi connectivity index (χ4n) is 17.4. The molecule has 22 aromatic rings. The summed E-state index contributed by atoms with van der Waals surface area (Å²) in [5, 5.41) is 10.7. The van der Waals surface area contributed by atoms with Gasteiger partial charge in [0.2, 0.25) is 0 Å². The molecule has 0 radical (unpaired) electrons. The molecule has 9 nitrogen and oxygen atoms in total. The first-order chi connectivity index (χ1) is 58.8. The third-order valence-corrected chi connectivity index (χ3v) is 25.2. The molecule has 0 unspecified atom stereocenters. The molecule has 0 fully saturated rings. The zero-order chi connectivity index (χ0) is 80.7. The number of aromatic nitrogens is 9. The molecular weight excluding hydrogens is 1500 g/mol. The van der Waals surface area contributed by atoms with E-state index in [1.54, 1.807) is 12.1 Å². The van der Waals surface area contributed by atoms with E-state index in [1.807, 2.05) is 120 Å². The van der Waals surface area contributed by atoms with Crippen molar-refractivity contribution in [2.75, 3.05) is 0 Å². The van der Waals surface area contributed by atoms with Crippen LogP contribution in [-0.2, 0) is 6.18 Å². The number of para-hydroxylation sites is 4. The van der Waals surface area contributed by atoms with Crippen LogP contribution < -0.4 is 5.19 Å². The number of hydrogen-bond donors (Lipinski definition) is 0. The Balaban J connectivity index is 0.000000148. The van der Waals surface area contributed by atoms with Gasteiger partial charge in [-0.15, -0.1) is 0 Å². The van der Waals surface area contributed by atoms with E-state index in [9.17, 15) is 13.2 Å². The largest absolute Gasteiger partial charge is 0.416 e. The van der Waals surface area contributed by atoms with Gasteiger partial charge in [0.05, 0.1) is 69.2 Å². The van der Waals surface area contributed by atoms with Gasteiger partial charge in [-0.3, -0.25) is 0 Å². The lowest BCUT2D eigenvalue weighted by Gasteiger charge is -2.17. The van der Waals surface area contributed by atoms with Crippen molar-refractivity contribution in [1.29, 1.82) is 0 Å². The van der Waals surface area contributed by atoms with Crippen molar-refractivity contribution in [2.45, 2.75) is 25.8 Å². The third kappa shape index (κ3) is 13.0. The predicted octanol–water partition coefficient (Wildman–Crippen LogP) is 27.6. The third-order valence-electron chi connectivity index (χ3n) is 23.1. The number of benzene rings is 16. The van der Waals surface area contributed by atoms with E-state index < -0.39 is 19.8 Å². The first kappa shape index (κ1) is 72.5. The maximum Gasteiger partial charge on any atom is 0.416 e. The maximum absolute atomic E-state index is 13.5. The van der Waals surface area contributed by atoms with Crippen molar-refractivity contribution in [3.05, 3.63) is 400 Å². The first-order valence-corrected chi connectivity index (χ1v) is 43.8. The highest BCUT2D eigenvalue weighted by Crippen LogP contribution is 2.45. The molecule has 0 aliphatic heterocycles. The highest BCUT2D eigenvalue weighted by Gasteiger charge is 2.31. The second-order valence-electron chi connectivity index (χ2n) is 31.4. The van der Waals surface area contributed by atoms with Gasteiger partial charge >= 0.3 is 6.18 Å². The van der Waals surface area contributed by atoms with Crippen LogP contribution in [0.1, 0.15) is 5.56 Å². The zero-order valence-electron chi connectivity index (χ0n) is 65.7. The Kier molecular flexibility index (Phi) is 17.8. The zero-order valence-corrected chi connectivity index (χ0v) is 66.7. The van der Waals surface area contributed by atoms with Gasteiger partial charge in [-0.05, 0) is 162 Å². The fourth-order valence-corrected chi connectivity index (χ4v) is 18.5. The van der Waals surface area contributed by atoms with Crippen LogP contribution in [0.15, 0.2) is 394 Å². The monoisotopic (exact) mass is 1570 g/mol. The minimum atomic E-state index is -4.41. The van der Waals surface area contributed by atoms with Gasteiger partial charge in [-0.1, -0.05) is 280 Å². The van der Waals surface area contributed by atoms with Crippen molar-refractivity contribution >= 4 is 100 Å². The smallest absolute Gasteiger partial charge is 0.309 e. The molecule has 6 aromatic heterocycles. The average Bonchev–Trinajstić information content (AvgIpc) is 1.55. The van der Waals surface area contributed by atoms with Crippen LogP contribution >= 0.6 is 0 Å². The minimum absolute atomic E-state index is 0.593. The number of alkyl halides is 3. The second-order valence-corrected chi connectivity index (χ2v) is 36.5. The van der Waals surface area contributed by atoms with E-state index in [1.165, 1.54) is 65.6 Å². The normalized spacial score (nSPS) is 11.9. The first-order valence-electron chi connectivity index (χ1n) is 40.3. The molecule has 572 valence electrons. The number of rotatable bonds is 13. The summed E-state index contributed by atoms with van der Waals surface area (Å²) >= 11 is 0. The number of halogens is 3. The van der Waals surface area contributed by atoms with E-state index >= 15 is 0 Å². The van der Waals surface area contributed by atoms with Gasteiger partial charge in [0.15, 0.2) is 23.3 Å². The van der Waals surface area contributed by atoms with Crippen molar-refractivity contribution < 1.29 is 13.2 Å². The molecule has 22 rings (SSSR count). The highest BCUT2D eigenvalue weighted by molar-refractivity contribution is 6.88. The summed E-state index contributed by atoms with van der Waals surface area (Å²) in [6.45, 7) is 7.22.